The summed E-state index contributed by atoms with van der Waals surface area (Å²) < 4.78 is 14.9. The molecule has 2 unspecified atom stereocenters. The first-order valence-corrected chi connectivity index (χ1v) is 20.7. The van der Waals surface area contributed by atoms with Gasteiger partial charge >= 0.3 is 0 Å². The summed E-state index contributed by atoms with van der Waals surface area (Å²) in [4.78, 5) is 38.5. The van der Waals surface area contributed by atoms with Gasteiger partial charge < -0.3 is 25.4 Å². The van der Waals surface area contributed by atoms with E-state index in [0.29, 0.717) is 52.5 Å². The number of piperazine rings is 2. The van der Waals surface area contributed by atoms with Gasteiger partial charge in [-0.15, -0.1) is 0 Å². The van der Waals surface area contributed by atoms with E-state index in [1.54, 1.807) is 15.2 Å². The van der Waals surface area contributed by atoms with Gasteiger partial charge in [0.1, 0.15) is 23.1 Å². The van der Waals surface area contributed by atoms with E-state index >= 15 is 0 Å². The van der Waals surface area contributed by atoms with Crippen molar-refractivity contribution in [2.75, 3.05) is 65.6 Å². The molecule has 2 fully saturated rings. The van der Waals surface area contributed by atoms with E-state index in [-0.39, 0.29) is 22.0 Å². The van der Waals surface area contributed by atoms with Gasteiger partial charge in [-0.1, -0.05) is 64.5 Å². The lowest BCUT2D eigenvalue weighted by molar-refractivity contribution is 0.177. The molecule has 2 aliphatic rings. The van der Waals surface area contributed by atoms with Crippen LogP contribution >= 0.6 is 15.9 Å². The molecule has 0 saturated carbocycles. The summed E-state index contributed by atoms with van der Waals surface area (Å²) in [5, 5.41) is 11.0. The first-order valence-electron chi connectivity index (χ1n) is 19.8. The monoisotopic (exact) mass is 836 g/mol. The quantitative estimate of drug-likeness (QED) is 0.146. The molecule has 300 valence electrons. The number of halogens is 1. The van der Waals surface area contributed by atoms with Crippen molar-refractivity contribution in [2.45, 2.75) is 38.6 Å². The van der Waals surface area contributed by atoms with Crippen LogP contribution in [0.2, 0.25) is 0 Å². The Balaban J connectivity index is 0.000000170. The number of para-hydroxylation sites is 6. The van der Waals surface area contributed by atoms with Crippen LogP contribution in [0.4, 0.5) is 0 Å². The maximum absolute atomic E-state index is 13.5. The number of alkyl halides is 1. The van der Waals surface area contributed by atoms with E-state index in [9.17, 15) is 9.59 Å². The van der Waals surface area contributed by atoms with E-state index in [4.69, 9.17) is 14.5 Å². The van der Waals surface area contributed by atoms with E-state index in [1.165, 1.54) is 0 Å². The van der Waals surface area contributed by atoms with Crippen LogP contribution in [-0.2, 0) is 0 Å². The number of rotatable bonds is 9. The summed E-state index contributed by atoms with van der Waals surface area (Å²) in [6, 6.07) is 30.2. The highest BCUT2D eigenvalue weighted by molar-refractivity contribution is 9.09. The molecule has 4 aromatic carbocycles. The lowest BCUT2D eigenvalue weighted by Crippen LogP contribution is -2.45. The summed E-state index contributed by atoms with van der Waals surface area (Å²) in [6.45, 7) is 17.3. The van der Waals surface area contributed by atoms with Crippen LogP contribution in [0.5, 0.6) is 11.5 Å². The number of benzene rings is 4. The van der Waals surface area contributed by atoms with E-state index in [2.05, 4.69) is 48.7 Å². The second kappa shape index (κ2) is 20.5. The van der Waals surface area contributed by atoms with Crippen molar-refractivity contribution in [3.8, 4) is 22.9 Å². The lowest BCUT2D eigenvalue weighted by atomic mass is 10.1. The number of fused-ring (bicyclic) bond motifs is 2. The summed E-state index contributed by atoms with van der Waals surface area (Å²) in [5.74, 6) is 2.76. The molecular formula is C44H53BrN8O4. The minimum absolute atomic E-state index is 0.00842. The Labute approximate surface area is 342 Å². The van der Waals surface area contributed by atoms with Crippen molar-refractivity contribution in [3.63, 3.8) is 0 Å². The van der Waals surface area contributed by atoms with Crippen LogP contribution in [-0.4, -0.2) is 89.6 Å². The highest BCUT2D eigenvalue weighted by Gasteiger charge is 2.25. The molecule has 13 heteroatoms. The van der Waals surface area contributed by atoms with Crippen molar-refractivity contribution in [1.29, 1.82) is 0 Å². The fraction of sp³-hybridized carbons (Fsp3) is 0.364. The third kappa shape index (κ3) is 9.97. The molecule has 2 aromatic heterocycles. The number of nitrogens with zero attached hydrogens (tertiary/aromatic N) is 5. The maximum Gasteiger partial charge on any atom is 0.266 e. The summed E-state index contributed by atoms with van der Waals surface area (Å²) in [6.07, 6.45) is 0. The predicted molar refractivity (Wildman–Crippen MR) is 233 cm³/mol. The first kappa shape index (κ1) is 41.7. The highest BCUT2D eigenvalue weighted by atomic mass is 79.9. The van der Waals surface area contributed by atoms with Gasteiger partial charge in [0.05, 0.1) is 57.3 Å². The summed E-state index contributed by atoms with van der Waals surface area (Å²) in [7, 11) is 0. The van der Waals surface area contributed by atoms with Gasteiger partial charge in [-0.05, 0) is 76.2 Å². The van der Waals surface area contributed by atoms with Gasteiger partial charge in [0.25, 0.3) is 11.1 Å². The van der Waals surface area contributed by atoms with E-state index in [0.717, 1.165) is 69.4 Å². The van der Waals surface area contributed by atoms with Crippen molar-refractivity contribution < 1.29 is 9.47 Å². The van der Waals surface area contributed by atoms with Gasteiger partial charge in [-0.2, -0.15) is 0 Å². The first-order chi connectivity index (χ1) is 27.8. The molecule has 0 amide bonds. The molecule has 0 radical (unpaired) electrons. The molecule has 57 heavy (non-hydrogen) atoms. The largest absolute Gasteiger partial charge is 0.492 e. The zero-order chi connectivity index (χ0) is 40.1. The van der Waals surface area contributed by atoms with Crippen LogP contribution in [0.1, 0.15) is 50.2 Å². The predicted octanol–water partition coefficient (Wildman–Crippen LogP) is 6.17. The molecule has 2 aliphatic heterocycles. The molecule has 2 atom stereocenters. The van der Waals surface area contributed by atoms with Crippen LogP contribution in [0.25, 0.3) is 33.2 Å². The van der Waals surface area contributed by atoms with Crippen LogP contribution < -0.4 is 36.5 Å². The standard InChI is InChI=1S/C22H26N4O2.C18H17BrN2O2.C4H10N2/c1-3-28-20-11-7-6-10-19(20)26-21(16(2)25-14-12-23-13-15-25)24-18-9-5-4-8-17(18)22(26)27;1-3-23-16-11-7-6-10-15(16)21-17(12(2)19)20-14-9-5-4-8-13(14)18(21)22;1-2-6-4-3-5-1/h4-11,16,23H,3,12-15H2,1-2H3;4-12H,3H2,1-2H3;5-6H,1-4H2. The molecule has 3 N–H and O–H groups in total. The average molecular weight is 838 g/mol. The molecule has 0 bridgehead atoms. The Kier molecular flexibility index (Phi) is 15.0. The minimum atomic E-state index is -0.0935. The fourth-order valence-corrected chi connectivity index (χ4v) is 7.29. The van der Waals surface area contributed by atoms with Crippen molar-refractivity contribution in [1.82, 2.24) is 40.0 Å². The van der Waals surface area contributed by atoms with Gasteiger partial charge in [-0.25, -0.2) is 9.97 Å². The molecule has 0 aliphatic carbocycles. The highest BCUT2D eigenvalue weighted by Crippen LogP contribution is 2.29. The SMILES string of the molecule is C1CNCCN1.CCOc1ccccc1-n1c(C(C)Br)nc2ccccc2c1=O.CCOc1ccccc1-n1c(C(C)N2CCNCC2)nc2ccccc2c1=O. The van der Waals surface area contributed by atoms with E-state index < -0.39 is 0 Å². The van der Waals surface area contributed by atoms with Gasteiger partial charge in [0.15, 0.2) is 0 Å². The van der Waals surface area contributed by atoms with Gasteiger partial charge in [0, 0.05) is 52.4 Å². The number of aromatic nitrogens is 4. The Hall–Kier alpha value is -4.92. The smallest absolute Gasteiger partial charge is 0.266 e. The molecule has 2 saturated heterocycles. The van der Waals surface area contributed by atoms with Crippen molar-refractivity contribution >= 4 is 37.7 Å². The molecule has 8 rings (SSSR count). The van der Waals surface area contributed by atoms with Crippen molar-refractivity contribution in [2.24, 2.45) is 0 Å². The topological polar surface area (TPSA) is 128 Å². The van der Waals surface area contributed by atoms with E-state index in [1.807, 2.05) is 112 Å². The third-order valence-corrected chi connectivity index (χ3v) is 10.2. The van der Waals surface area contributed by atoms with Crippen LogP contribution in [0.3, 0.4) is 0 Å². The van der Waals surface area contributed by atoms with Gasteiger partial charge in [0.2, 0.25) is 0 Å². The molecular weight excluding hydrogens is 784 g/mol. The Bertz CT molecular complexity index is 2340. The van der Waals surface area contributed by atoms with Crippen LogP contribution in [0.15, 0.2) is 107 Å². The number of hydrogen-bond donors (Lipinski definition) is 3. The van der Waals surface area contributed by atoms with Crippen LogP contribution in [0, 0.1) is 0 Å². The Morgan fingerprint density at radius 2 is 1.00 bits per heavy atom. The number of hydrogen-bond acceptors (Lipinski definition) is 10. The fourth-order valence-electron chi connectivity index (χ4n) is 6.99. The Morgan fingerprint density at radius 3 is 1.46 bits per heavy atom. The third-order valence-electron chi connectivity index (χ3n) is 9.80. The molecule has 12 nitrogen and oxygen atoms in total. The number of ether oxygens (including phenoxy) is 2. The lowest BCUT2D eigenvalue weighted by Gasteiger charge is -2.33. The molecule has 4 heterocycles. The average Bonchev–Trinajstić information content (AvgIpc) is 3.25. The number of nitrogens with one attached hydrogen (secondary N) is 3. The maximum atomic E-state index is 13.5. The zero-order valence-electron chi connectivity index (χ0n) is 33.2. The Morgan fingerprint density at radius 1 is 0.596 bits per heavy atom. The second-order valence-corrected chi connectivity index (χ2v) is 15.0. The van der Waals surface area contributed by atoms with Gasteiger partial charge in [-0.3, -0.25) is 23.6 Å². The van der Waals surface area contributed by atoms with Crippen molar-refractivity contribution in [3.05, 3.63) is 129 Å². The molecule has 0 spiro atoms. The zero-order valence-corrected chi connectivity index (χ0v) is 34.8. The molecule has 6 aromatic rings. The normalized spacial score (nSPS) is 15.5. The minimum Gasteiger partial charge on any atom is -0.492 e. The summed E-state index contributed by atoms with van der Waals surface area (Å²) in [5.41, 5.74) is 2.72. The second-order valence-electron chi connectivity index (χ2n) is 13.6. The summed E-state index contributed by atoms with van der Waals surface area (Å²) >= 11 is 3.55.